The fourth-order valence-electron chi connectivity index (χ4n) is 2.01. The zero-order valence-electron chi connectivity index (χ0n) is 12.6. The highest BCUT2D eigenvalue weighted by Gasteiger charge is 2.21. The van der Waals surface area contributed by atoms with E-state index in [-0.39, 0.29) is 18.6 Å². The Bertz CT molecular complexity index is 403. The van der Waals surface area contributed by atoms with Gasteiger partial charge in [0.25, 0.3) is 0 Å². The lowest BCUT2D eigenvalue weighted by atomic mass is 10.1. The molecule has 1 fully saturated rings. The molecule has 0 aromatic carbocycles. The van der Waals surface area contributed by atoms with Crippen LogP contribution in [0.3, 0.4) is 0 Å². The van der Waals surface area contributed by atoms with Gasteiger partial charge < -0.3 is 10.1 Å². The van der Waals surface area contributed by atoms with E-state index in [9.17, 15) is 13.2 Å². The van der Waals surface area contributed by atoms with Crippen LogP contribution in [0.15, 0.2) is 0 Å². The van der Waals surface area contributed by atoms with Crippen LogP contribution in [0.5, 0.6) is 0 Å². The summed E-state index contributed by atoms with van der Waals surface area (Å²) in [6, 6.07) is 0. The van der Waals surface area contributed by atoms with Gasteiger partial charge in [-0.2, -0.15) is 4.31 Å². The van der Waals surface area contributed by atoms with Crippen molar-refractivity contribution < 1.29 is 17.9 Å². The van der Waals surface area contributed by atoms with E-state index in [4.69, 9.17) is 4.74 Å². The van der Waals surface area contributed by atoms with Crippen molar-refractivity contribution in [2.45, 2.75) is 39.2 Å². The van der Waals surface area contributed by atoms with Crippen LogP contribution in [0.25, 0.3) is 0 Å². The molecule has 0 spiro atoms. The molecule has 1 saturated heterocycles. The fourth-order valence-corrected chi connectivity index (χ4v) is 2.80. The van der Waals surface area contributed by atoms with Crippen molar-refractivity contribution in [2.24, 2.45) is 5.92 Å². The topological polar surface area (TPSA) is 75.7 Å². The van der Waals surface area contributed by atoms with Gasteiger partial charge in [-0.1, -0.05) is 13.8 Å². The average molecular weight is 306 g/mol. The summed E-state index contributed by atoms with van der Waals surface area (Å²) in [5.41, 5.74) is 0. The molecule has 0 aliphatic carbocycles. The lowest BCUT2D eigenvalue weighted by Crippen LogP contribution is -2.42. The normalized spacial score (nSPS) is 19.8. The summed E-state index contributed by atoms with van der Waals surface area (Å²) in [5.74, 6) is 0.129. The van der Waals surface area contributed by atoms with Gasteiger partial charge >= 0.3 is 0 Å². The quantitative estimate of drug-likeness (QED) is 0.712. The molecule has 20 heavy (non-hydrogen) atoms. The maximum Gasteiger partial charge on any atom is 0.235 e. The second-order valence-electron chi connectivity index (χ2n) is 5.72. The first-order valence-electron chi connectivity index (χ1n) is 7.12. The van der Waals surface area contributed by atoms with Gasteiger partial charge in [-0.25, -0.2) is 8.42 Å². The van der Waals surface area contributed by atoms with Crippen molar-refractivity contribution in [2.75, 3.05) is 32.5 Å². The van der Waals surface area contributed by atoms with Gasteiger partial charge in [0, 0.05) is 19.7 Å². The van der Waals surface area contributed by atoms with Crippen LogP contribution in [0, 0.1) is 5.92 Å². The van der Waals surface area contributed by atoms with Crippen LogP contribution in [0.1, 0.15) is 33.1 Å². The van der Waals surface area contributed by atoms with Crippen LogP contribution in [-0.4, -0.2) is 57.2 Å². The number of sulfonamides is 1. The summed E-state index contributed by atoms with van der Waals surface area (Å²) >= 11 is 0. The maximum absolute atomic E-state index is 11.8. The first-order chi connectivity index (χ1) is 9.29. The summed E-state index contributed by atoms with van der Waals surface area (Å²) in [4.78, 5) is 11.8. The number of hydrogen-bond acceptors (Lipinski definition) is 4. The Morgan fingerprint density at radius 2 is 2.15 bits per heavy atom. The van der Waals surface area contributed by atoms with Crippen molar-refractivity contribution in [3.8, 4) is 0 Å². The predicted octanol–water partition coefficient (Wildman–Crippen LogP) is 0.589. The van der Waals surface area contributed by atoms with Crippen molar-refractivity contribution in [1.29, 1.82) is 0 Å². The Balaban J connectivity index is 2.40. The Labute approximate surface area is 121 Å². The van der Waals surface area contributed by atoms with E-state index in [1.807, 2.05) is 13.8 Å². The Morgan fingerprint density at radius 1 is 1.45 bits per heavy atom. The van der Waals surface area contributed by atoms with Gasteiger partial charge in [-0.05, 0) is 25.2 Å². The molecule has 1 rings (SSSR count). The van der Waals surface area contributed by atoms with Gasteiger partial charge in [-0.15, -0.1) is 0 Å². The predicted molar refractivity (Wildman–Crippen MR) is 77.9 cm³/mol. The highest BCUT2D eigenvalue weighted by Crippen LogP contribution is 2.10. The molecule has 0 aromatic rings. The third-order valence-corrected chi connectivity index (χ3v) is 4.55. The highest BCUT2D eigenvalue weighted by molar-refractivity contribution is 7.88. The molecule has 1 aliphatic heterocycles. The molecule has 7 heteroatoms. The van der Waals surface area contributed by atoms with Crippen molar-refractivity contribution in [1.82, 2.24) is 9.62 Å². The molecule has 1 aliphatic rings. The maximum atomic E-state index is 11.8. The first kappa shape index (κ1) is 17.4. The van der Waals surface area contributed by atoms with E-state index in [0.29, 0.717) is 19.0 Å². The van der Waals surface area contributed by atoms with E-state index in [1.54, 1.807) is 0 Å². The van der Waals surface area contributed by atoms with E-state index >= 15 is 0 Å². The van der Waals surface area contributed by atoms with Gasteiger partial charge in [0.2, 0.25) is 15.9 Å². The highest BCUT2D eigenvalue weighted by atomic mass is 32.2. The van der Waals surface area contributed by atoms with Gasteiger partial charge in [0.05, 0.1) is 18.9 Å². The van der Waals surface area contributed by atoms with Crippen LogP contribution >= 0.6 is 0 Å². The zero-order valence-corrected chi connectivity index (χ0v) is 13.4. The van der Waals surface area contributed by atoms with Crippen LogP contribution in [0.2, 0.25) is 0 Å². The zero-order chi connectivity index (χ0) is 15.2. The van der Waals surface area contributed by atoms with Crippen LogP contribution < -0.4 is 5.32 Å². The number of carbonyl (C=O) groups excluding carboxylic acids is 1. The van der Waals surface area contributed by atoms with E-state index < -0.39 is 10.0 Å². The Morgan fingerprint density at radius 3 is 2.65 bits per heavy atom. The Kier molecular flexibility index (Phi) is 6.91. The summed E-state index contributed by atoms with van der Waals surface area (Å²) < 4.78 is 30.0. The monoisotopic (exact) mass is 306 g/mol. The van der Waals surface area contributed by atoms with E-state index in [1.165, 1.54) is 4.31 Å². The molecule has 1 unspecified atom stereocenters. The van der Waals surface area contributed by atoms with Crippen LogP contribution in [-0.2, 0) is 19.6 Å². The third-order valence-electron chi connectivity index (χ3n) is 3.30. The molecule has 1 amide bonds. The standard InChI is InChI=1S/C13H26N2O4S/c1-11(2)6-7-15(20(3,17)18)10-13(16)14-9-12-5-4-8-19-12/h11-12H,4-10H2,1-3H3,(H,14,16). The number of nitrogens with one attached hydrogen (secondary N) is 1. The summed E-state index contributed by atoms with van der Waals surface area (Å²) in [5, 5.41) is 2.74. The average Bonchev–Trinajstić information content (AvgIpc) is 2.83. The van der Waals surface area contributed by atoms with E-state index in [0.717, 1.165) is 32.1 Å². The van der Waals surface area contributed by atoms with Crippen molar-refractivity contribution in [3.63, 3.8) is 0 Å². The van der Waals surface area contributed by atoms with Crippen LogP contribution in [0.4, 0.5) is 0 Å². The number of carbonyl (C=O) groups is 1. The molecule has 0 bridgehead atoms. The second kappa shape index (κ2) is 7.95. The summed E-state index contributed by atoms with van der Waals surface area (Å²) in [6.45, 7) is 5.52. The van der Waals surface area contributed by atoms with E-state index in [2.05, 4.69) is 5.32 Å². The van der Waals surface area contributed by atoms with Gasteiger partial charge in [0.15, 0.2) is 0 Å². The lowest BCUT2D eigenvalue weighted by Gasteiger charge is -2.21. The molecule has 1 heterocycles. The summed E-state index contributed by atoms with van der Waals surface area (Å²) in [7, 11) is -3.35. The number of hydrogen-bond donors (Lipinski definition) is 1. The minimum Gasteiger partial charge on any atom is -0.376 e. The SMILES string of the molecule is CC(C)CCN(CC(=O)NCC1CCCO1)S(C)(=O)=O. The number of amides is 1. The molecule has 0 aromatic heterocycles. The molecular formula is C13H26N2O4S. The smallest absolute Gasteiger partial charge is 0.235 e. The molecule has 118 valence electrons. The second-order valence-corrected chi connectivity index (χ2v) is 7.70. The van der Waals surface area contributed by atoms with Gasteiger partial charge in [-0.3, -0.25) is 4.79 Å². The molecule has 1 N–H and O–H groups in total. The Hall–Kier alpha value is -0.660. The largest absolute Gasteiger partial charge is 0.376 e. The molecule has 1 atom stereocenters. The molecular weight excluding hydrogens is 280 g/mol. The number of ether oxygens (including phenoxy) is 1. The van der Waals surface area contributed by atoms with Crippen molar-refractivity contribution >= 4 is 15.9 Å². The minimum absolute atomic E-state index is 0.0706. The van der Waals surface area contributed by atoms with Crippen molar-refractivity contribution in [3.05, 3.63) is 0 Å². The molecule has 0 saturated carbocycles. The van der Waals surface area contributed by atoms with Gasteiger partial charge in [0.1, 0.15) is 0 Å². The third kappa shape index (κ3) is 6.67. The lowest BCUT2D eigenvalue weighted by molar-refractivity contribution is -0.121. The molecule has 6 nitrogen and oxygen atoms in total. The fraction of sp³-hybridized carbons (Fsp3) is 0.923. The first-order valence-corrected chi connectivity index (χ1v) is 8.97. The molecule has 0 radical (unpaired) electrons. The summed E-state index contributed by atoms with van der Waals surface area (Å²) in [6.07, 6.45) is 3.92. The number of nitrogens with zero attached hydrogens (tertiary/aromatic N) is 1. The minimum atomic E-state index is -3.35. The number of rotatable bonds is 8.